The van der Waals surface area contributed by atoms with Gasteiger partial charge in [-0.2, -0.15) is 0 Å². The zero-order chi connectivity index (χ0) is 26.3. The van der Waals surface area contributed by atoms with E-state index in [0.717, 1.165) is 24.8 Å². The molecular weight excluding hydrogens is 496 g/mol. The van der Waals surface area contributed by atoms with Crippen LogP contribution >= 0.6 is 0 Å². The van der Waals surface area contributed by atoms with Crippen LogP contribution < -0.4 is 15.6 Å². The third-order valence-corrected chi connectivity index (χ3v) is 7.01. The molecule has 0 saturated heterocycles. The van der Waals surface area contributed by atoms with E-state index >= 15 is 0 Å². The van der Waals surface area contributed by atoms with E-state index in [1.165, 1.54) is 25.7 Å². The van der Waals surface area contributed by atoms with Crippen LogP contribution in [0.25, 0.3) is 22.6 Å². The van der Waals surface area contributed by atoms with Gasteiger partial charge in [-0.3, -0.25) is 9.36 Å². The first kappa shape index (κ1) is 24.7. The van der Waals surface area contributed by atoms with Crippen molar-refractivity contribution in [1.82, 2.24) is 34.5 Å². The highest BCUT2D eigenvalue weighted by Gasteiger charge is 2.31. The van der Waals surface area contributed by atoms with Gasteiger partial charge in [0, 0.05) is 31.0 Å². The number of nitrogens with one attached hydrogen (secondary N) is 1. The van der Waals surface area contributed by atoms with Gasteiger partial charge >= 0.3 is 0 Å². The second-order valence-electron chi connectivity index (χ2n) is 9.18. The van der Waals surface area contributed by atoms with Crippen LogP contribution in [0.3, 0.4) is 0 Å². The summed E-state index contributed by atoms with van der Waals surface area (Å²) in [7, 11) is -1.85. The van der Waals surface area contributed by atoms with Gasteiger partial charge in [-0.1, -0.05) is 6.07 Å². The highest BCUT2D eigenvalue weighted by molar-refractivity contribution is 7.90. The van der Waals surface area contributed by atoms with Gasteiger partial charge in [0.2, 0.25) is 5.88 Å². The Labute approximate surface area is 213 Å². The molecule has 0 aromatic carbocycles. The Morgan fingerprint density at radius 2 is 1.89 bits per heavy atom. The Morgan fingerprint density at radius 1 is 1.11 bits per heavy atom. The first-order valence-electron chi connectivity index (χ1n) is 11.7. The molecule has 0 spiro atoms. The minimum absolute atomic E-state index is 0.0134. The van der Waals surface area contributed by atoms with E-state index in [-0.39, 0.29) is 29.0 Å². The summed E-state index contributed by atoms with van der Waals surface area (Å²) in [6.45, 7) is 4.01. The standard InChI is InChI=1S/C24H26N8O4S/c1-13(2)32-22-16(11-27-20(31-22)18-19(15-6-7-15)28-12-29-23(18)36-3)30-21(24(32)33)26-10-14-5-8-17(25-9-14)37(4,34)35/h5,8-9,11-13,15H,6-7,10H2,1-4H3,(H,26,30). The molecule has 37 heavy (non-hydrogen) atoms. The van der Waals surface area contributed by atoms with E-state index in [2.05, 4.69) is 30.2 Å². The molecule has 1 aliphatic rings. The van der Waals surface area contributed by atoms with Gasteiger partial charge in [-0.25, -0.2) is 38.3 Å². The first-order valence-corrected chi connectivity index (χ1v) is 13.6. The van der Waals surface area contributed by atoms with Crippen LogP contribution in [0.2, 0.25) is 0 Å². The summed E-state index contributed by atoms with van der Waals surface area (Å²) in [6, 6.07) is 2.86. The lowest BCUT2D eigenvalue weighted by Gasteiger charge is -2.16. The van der Waals surface area contributed by atoms with Gasteiger partial charge in [0.1, 0.15) is 17.4 Å². The maximum Gasteiger partial charge on any atom is 0.295 e. The zero-order valence-electron chi connectivity index (χ0n) is 20.8. The number of nitrogens with zero attached hydrogens (tertiary/aromatic N) is 7. The molecular formula is C24H26N8O4S. The van der Waals surface area contributed by atoms with Crippen molar-refractivity contribution in [2.45, 2.75) is 50.2 Å². The molecule has 1 fully saturated rings. The fourth-order valence-electron chi connectivity index (χ4n) is 4.05. The second-order valence-corrected chi connectivity index (χ2v) is 11.1. The molecule has 0 bridgehead atoms. The molecule has 0 atom stereocenters. The largest absolute Gasteiger partial charge is 0.480 e. The highest BCUT2D eigenvalue weighted by Crippen LogP contribution is 2.44. The highest BCUT2D eigenvalue weighted by atomic mass is 32.2. The Bertz CT molecular complexity index is 1650. The molecule has 12 nitrogen and oxygen atoms in total. The quantitative estimate of drug-likeness (QED) is 0.363. The number of sulfone groups is 1. The van der Waals surface area contributed by atoms with Crippen molar-refractivity contribution in [2.24, 2.45) is 0 Å². The van der Waals surface area contributed by atoms with E-state index in [9.17, 15) is 13.2 Å². The van der Waals surface area contributed by atoms with Crippen LogP contribution in [0.1, 0.15) is 49.9 Å². The van der Waals surface area contributed by atoms with Crippen molar-refractivity contribution in [3.8, 4) is 17.3 Å². The number of anilines is 1. The molecule has 4 heterocycles. The first-order chi connectivity index (χ1) is 17.7. The molecule has 1 aliphatic carbocycles. The van der Waals surface area contributed by atoms with E-state index in [0.29, 0.717) is 39.9 Å². The zero-order valence-corrected chi connectivity index (χ0v) is 21.7. The lowest BCUT2D eigenvalue weighted by molar-refractivity contribution is 0.397. The van der Waals surface area contributed by atoms with Gasteiger partial charge in [-0.15, -0.1) is 0 Å². The van der Waals surface area contributed by atoms with E-state index < -0.39 is 9.84 Å². The maximum absolute atomic E-state index is 13.4. The van der Waals surface area contributed by atoms with Crippen molar-refractivity contribution >= 4 is 26.8 Å². The summed E-state index contributed by atoms with van der Waals surface area (Å²) in [4.78, 5) is 39.9. The summed E-state index contributed by atoms with van der Waals surface area (Å²) in [5.74, 6) is 1.20. The third-order valence-electron chi connectivity index (χ3n) is 6.01. The molecule has 0 amide bonds. The number of fused-ring (bicyclic) bond motifs is 1. The van der Waals surface area contributed by atoms with Crippen LogP contribution in [-0.2, 0) is 16.4 Å². The van der Waals surface area contributed by atoms with Crippen LogP contribution in [-0.4, -0.2) is 56.3 Å². The number of pyridine rings is 1. The number of aromatic nitrogens is 7. The fraction of sp³-hybridized carbons (Fsp3) is 0.375. The van der Waals surface area contributed by atoms with Crippen LogP contribution in [0.5, 0.6) is 5.88 Å². The van der Waals surface area contributed by atoms with Crippen LogP contribution in [0.4, 0.5) is 5.82 Å². The van der Waals surface area contributed by atoms with E-state index in [1.807, 2.05) is 13.8 Å². The van der Waals surface area contributed by atoms with Crippen molar-refractivity contribution < 1.29 is 13.2 Å². The molecule has 4 aromatic heterocycles. The predicted octanol–water partition coefficient (Wildman–Crippen LogP) is 2.52. The maximum atomic E-state index is 13.4. The Balaban J connectivity index is 1.54. The summed E-state index contributed by atoms with van der Waals surface area (Å²) >= 11 is 0. The van der Waals surface area contributed by atoms with E-state index in [1.54, 1.807) is 16.8 Å². The topological polar surface area (TPSA) is 155 Å². The monoisotopic (exact) mass is 522 g/mol. The number of ether oxygens (including phenoxy) is 1. The third kappa shape index (κ3) is 4.86. The summed E-state index contributed by atoms with van der Waals surface area (Å²) in [5.41, 5.74) is 2.65. The summed E-state index contributed by atoms with van der Waals surface area (Å²) < 4.78 is 30.3. The lowest BCUT2D eigenvalue weighted by Crippen LogP contribution is -2.27. The number of rotatable bonds is 8. The van der Waals surface area contributed by atoms with Gasteiger partial charge < -0.3 is 10.1 Å². The minimum atomic E-state index is -3.39. The predicted molar refractivity (Wildman–Crippen MR) is 136 cm³/mol. The van der Waals surface area contributed by atoms with E-state index in [4.69, 9.17) is 9.72 Å². The molecule has 5 rings (SSSR count). The number of methoxy groups -OCH3 is 1. The number of hydrogen-bond acceptors (Lipinski definition) is 11. The molecule has 192 valence electrons. The second kappa shape index (κ2) is 9.47. The molecule has 0 radical (unpaired) electrons. The molecule has 4 aromatic rings. The average molecular weight is 523 g/mol. The number of hydrogen-bond donors (Lipinski definition) is 1. The smallest absolute Gasteiger partial charge is 0.295 e. The van der Waals surface area contributed by atoms with Gasteiger partial charge in [0.05, 0.1) is 19.0 Å². The summed E-state index contributed by atoms with van der Waals surface area (Å²) in [6.07, 6.45) is 7.66. The fourth-order valence-corrected chi connectivity index (χ4v) is 4.61. The molecule has 0 unspecified atom stereocenters. The lowest BCUT2D eigenvalue weighted by atomic mass is 10.1. The Morgan fingerprint density at radius 3 is 2.51 bits per heavy atom. The molecule has 13 heteroatoms. The SMILES string of the molecule is COc1ncnc(C2CC2)c1-c1ncc2nc(NCc3ccc(S(C)(=O)=O)nc3)c(=O)n(C(C)C)c2n1. The normalized spacial score (nSPS) is 13.8. The molecule has 1 saturated carbocycles. The van der Waals surface area contributed by atoms with Gasteiger partial charge in [0.15, 0.2) is 32.2 Å². The summed E-state index contributed by atoms with van der Waals surface area (Å²) in [5, 5.41) is 3.03. The average Bonchev–Trinajstić information content (AvgIpc) is 3.72. The van der Waals surface area contributed by atoms with Crippen LogP contribution in [0, 0.1) is 0 Å². The van der Waals surface area contributed by atoms with Crippen molar-refractivity contribution in [3.63, 3.8) is 0 Å². The molecule has 0 aliphatic heterocycles. The Kier molecular flexibility index (Phi) is 6.31. The molecule has 1 N–H and O–H groups in total. The minimum Gasteiger partial charge on any atom is -0.480 e. The van der Waals surface area contributed by atoms with Gasteiger partial charge in [0.25, 0.3) is 5.56 Å². The van der Waals surface area contributed by atoms with Crippen molar-refractivity contribution in [1.29, 1.82) is 0 Å². The van der Waals surface area contributed by atoms with Crippen molar-refractivity contribution in [3.05, 3.63) is 52.5 Å². The van der Waals surface area contributed by atoms with Crippen molar-refractivity contribution in [2.75, 3.05) is 18.7 Å². The Hall–Kier alpha value is -4.00. The van der Waals surface area contributed by atoms with Gasteiger partial charge in [-0.05, 0) is 38.3 Å². The van der Waals surface area contributed by atoms with Crippen LogP contribution in [0.15, 0.2) is 40.7 Å².